The van der Waals surface area contributed by atoms with Gasteiger partial charge in [0.15, 0.2) is 12.5 Å². The van der Waals surface area contributed by atoms with Gasteiger partial charge in [0, 0.05) is 28.1 Å². The van der Waals surface area contributed by atoms with Crippen molar-refractivity contribution in [3.8, 4) is 0 Å². The highest BCUT2D eigenvalue weighted by Gasteiger charge is 2.30. The summed E-state index contributed by atoms with van der Waals surface area (Å²) in [6, 6.07) is 0. The molecule has 0 fully saturated rings. The van der Waals surface area contributed by atoms with E-state index in [1.165, 1.54) is 0 Å². The van der Waals surface area contributed by atoms with Gasteiger partial charge in [0.1, 0.15) is 0 Å². The molecule has 3 heteroatoms. The molecule has 0 rings (SSSR count). The summed E-state index contributed by atoms with van der Waals surface area (Å²) in [5, 5.41) is 0. The van der Waals surface area contributed by atoms with Gasteiger partial charge in [-0.15, -0.1) is 0 Å². The monoisotopic (exact) mass is 162 g/mol. The lowest BCUT2D eigenvalue weighted by molar-refractivity contribution is -0.974. The Labute approximate surface area is 69.5 Å². The van der Waals surface area contributed by atoms with E-state index in [-0.39, 0.29) is 12.5 Å². The standard InChI is InChI=1S/C8H20NO2/c1-7(10-5)9(3,4)8(2)11-6/h7-8H,1-6H3/q+1. The molecule has 0 aromatic carbocycles. The molecule has 0 radical (unpaired) electrons. The van der Waals surface area contributed by atoms with Crippen molar-refractivity contribution < 1.29 is 14.0 Å². The minimum absolute atomic E-state index is 0.157. The fourth-order valence-corrected chi connectivity index (χ4v) is 0.839. The Morgan fingerprint density at radius 3 is 1.36 bits per heavy atom. The summed E-state index contributed by atoms with van der Waals surface area (Å²) in [5.41, 5.74) is 0. The highest BCUT2D eigenvalue weighted by Crippen LogP contribution is 2.13. The summed E-state index contributed by atoms with van der Waals surface area (Å²) in [7, 11) is 7.60. The number of nitrogens with zero attached hydrogens (tertiary/aromatic N) is 1. The molecule has 3 nitrogen and oxygen atoms in total. The average Bonchev–Trinajstić information content (AvgIpc) is 2.01. The summed E-state index contributed by atoms with van der Waals surface area (Å²) in [6.07, 6.45) is 0.315. The fourth-order valence-electron chi connectivity index (χ4n) is 0.839. The van der Waals surface area contributed by atoms with Gasteiger partial charge in [0.25, 0.3) is 0 Å². The smallest absolute Gasteiger partial charge is 0.191 e. The van der Waals surface area contributed by atoms with Crippen molar-refractivity contribution in [3.63, 3.8) is 0 Å². The molecule has 0 saturated carbocycles. The lowest BCUT2D eigenvalue weighted by atomic mass is 10.4. The molecular weight excluding hydrogens is 142 g/mol. The van der Waals surface area contributed by atoms with Crippen molar-refractivity contribution in [1.82, 2.24) is 0 Å². The highest BCUT2D eigenvalue weighted by atomic mass is 16.5. The third-order valence-corrected chi connectivity index (χ3v) is 2.56. The molecule has 0 aliphatic rings. The van der Waals surface area contributed by atoms with Crippen LogP contribution in [-0.2, 0) is 9.47 Å². The molecule has 2 atom stereocenters. The molecule has 11 heavy (non-hydrogen) atoms. The maximum atomic E-state index is 5.23. The minimum atomic E-state index is 0.157. The van der Waals surface area contributed by atoms with Crippen LogP contribution < -0.4 is 0 Å². The van der Waals surface area contributed by atoms with E-state index in [0.717, 1.165) is 0 Å². The van der Waals surface area contributed by atoms with Crippen molar-refractivity contribution in [3.05, 3.63) is 0 Å². The fraction of sp³-hybridized carbons (Fsp3) is 1.00. The number of methoxy groups -OCH3 is 2. The lowest BCUT2D eigenvalue weighted by Gasteiger charge is -2.38. The van der Waals surface area contributed by atoms with E-state index in [9.17, 15) is 0 Å². The summed E-state index contributed by atoms with van der Waals surface area (Å²) in [4.78, 5) is 0. The third-order valence-electron chi connectivity index (χ3n) is 2.56. The molecule has 0 aromatic rings. The summed E-state index contributed by atoms with van der Waals surface area (Å²) in [5.74, 6) is 0. The van der Waals surface area contributed by atoms with Gasteiger partial charge >= 0.3 is 0 Å². The highest BCUT2D eigenvalue weighted by molar-refractivity contribution is 4.36. The Morgan fingerprint density at radius 1 is 0.909 bits per heavy atom. The second-order valence-corrected chi connectivity index (χ2v) is 3.30. The van der Waals surface area contributed by atoms with Crippen LogP contribution in [0.1, 0.15) is 13.8 Å². The van der Waals surface area contributed by atoms with E-state index in [1.54, 1.807) is 14.2 Å². The second kappa shape index (κ2) is 4.04. The predicted molar refractivity (Wildman–Crippen MR) is 45.1 cm³/mol. The van der Waals surface area contributed by atoms with E-state index in [2.05, 4.69) is 14.1 Å². The zero-order valence-electron chi connectivity index (χ0n) is 8.42. The molecule has 0 spiro atoms. The molecule has 0 heterocycles. The zero-order valence-corrected chi connectivity index (χ0v) is 8.42. The summed E-state index contributed by atoms with van der Waals surface area (Å²) in [6.45, 7) is 4.07. The molecule has 68 valence electrons. The molecular formula is C8H20NO2+. The van der Waals surface area contributed by atoms with Crippen LogP contribution in [0.4, 0.5) is 0 Å². The minimum Gasteiger partial charge on any atom is -0.333 e. The van der Waals surface area contributed by atoms with Crippen LogP contribution in [0.5, 0.6) is 0 Å². The Balaban J connectivity index is 4.18. The molecule has 0 bridgehead atoms. The van der Waals surface area contributed by atoms with Gasteiger partial charge in [-0.25, -0.2) is 0 Å². The molecule has 0 aromatic heterocycles. The van der Waals surface area contributed by atoms with Gasteiger partial charge in [0.05, 0.1) is 14.1 Å². The number of rotatable bonds is 4. The van der Waals surface area contributed by atoms with Crippen molar-refractivity contribution in [2.45, 2.75) is 26.3 Å². The van der Waals surface area contributed by atoms with Crippen LogP contribution in [0.25, 0.3) is 0 Å². The Hall–Kier alpha value is -0.120. The van der Waals surface area contributed by atoms with E-state index >= 15 is 0 Å². The Morgan fingerprint density at radius 2 is 1.18 bits per heavy atom. The largest absolute Gasteiger partial charge is 0.333 e. The maximum absolute atomic E-state index is 5.23. The number of hydrogen-bond donors (Lipinski definition) is 0. The molecule has 0 aliphatic heterocycles. The molecule has 0 N–H and O–H groups in total. The van der Waals surface area contributed by atoms with E-state index < -0.39 is 0 Å². The number of quaternary nitrogens is 1. The maximum Gasteiger partial charge on any atom is 0.191 e. The van der Waals surface area contributed by atoms with E-state index in [1.807, 2.05) is 13.8 Å². The van der Waals surface area contributed by atoms with Crippen LogP contribution in [-0.4, -0.2) is 45.3 Å². The van der Waals surface area contributed by atoms with E-state index in [0.29, 0.717) is 4.48 Å². The first kappa shape index (κ1) is 10.9. The van der Waals surface area contributed by atoms with Crippen molar-refractivity contribution in [1.29, 1.82) is 0 Å². The third kappa shape index (κ3) is 2.43. The average molecular weight is 162 g/mol. The van der Waals surface area contributed by atoms with Gasteiger partial charge in [-0.2, -0.15) is 0 Å². The molecule has 0 aliphatic carbocycles. The SMILES string of the molecule is COC(C)[N+](C)(C)C(C)OC. The second-order valence-electron chi connectivity index (χ2n) is 3.30. The first-order chi connectivity index (χ1) is 4.96. The lowest BCUT2D eigenvalue weighted by Crippen LogP contribution is -2.54. The first-order valence-electron chi connectivity index (χ1n) is 3.85. The van der Waals surface area contributed by atoms with Crippen molar-refractivity contribution in [2.75, 3.05) is 28.3 Å². The number of hydrogen-bond acceptors (Lipinski definition) is 2. The van der Waals surface area contributed by atoms with Crippen LogP contribution in [0.3, 0.4) is 0 Å². The Bertz CT molecular complexity index is 103. The quantitative estimate of drug-likeness (QED) is 0.454. The van der Waals surface area contributed by atoms with Crippen LogP contribution >= 0.6 is 0 Å². The Kier molecular flexibility index (Phi) is 4.00. The number of ether oxygens (including phenoxy) is 2. The van der Waals surface area contributed by atoms with Crippen LogP contribution in [0.2, 0.25) is 0 Å². The van der Waals surface area contributed by atoms with Crippen LogP contribution in [0, 0.1) is 0 Å². The normalized spacial score (nSPS) is 18.0. The summed E-state index contributed by atoms with van der Waals surface area (Å²) >= 11 is 0. The topological polar surface area (TPSA) is 18.5 Å². The van der Waals surface area contributed by atoms with Gasteiger partial charge in [-0.05, 0) is 0 Å². The summed E-state index contributed by atoms with van der Waals surface area (Å²) < 4.78 is 11.2. The van der Waals surface area contributed by atoms with Crippen molar-refractivity contribution >= 4 is 0 Å². The van der Waals surface area contributed by atoms with Gasteiger partial charge in [-0.3, -0.25) is 4.48 Å². The van der Waals surface area contributed by atoms with Crippen molar-refractivity contribution in [2.24, 2.45) is 0 Å². The van der Waals surface area contributed by atoms with Gasteiger partial charge < -0.3 is 9.47 Å². The predicted octanol–water partition coefficient (Wildman–Crippen LogP) is 1.05. The molecule has 2 unspecified atom stereocenters. The van der Waals surface area contributed by atoms with E-state index in [4.69, 9.17) is 9.47 Å². The molecule has 0 saturated heterocycles. The van der Waals surface area contributed by atoms with Gasteiger partial charge in [0.2, 0.25) is 0 Å². The zero-order chi connectivity index (χ0) is 9.07. The van der Waals surface area contributed by atoms with Gasteiger partial charge in [-0.1, -0.05) is 0 Å². The van der Waals surface area contributed by atoms with Crippen LogP contribution in [0.15, 0.2) is 0 Å². The molecule has 0 amide bonds. The first-order valence-corrected chi connectivity index (χ1v) is 3.85.